The van der Waals surface area contributed by atoms with E-state index in [1.807, 2.05) is 0 Å². The molecule has 14 heteroatoms. The van der Waals surface area contributed by atoms with E-state index < -0.39 is 101 Å². The molecule has 1 radical (unpaired) electrons. The first-order valence-corrected chi connectivity index (χ1v) is 14.9. The molecule has 0 aromatic heterocycles. The van der Waals surface area contributed by atoms with Gasteiger partial charge in [0.05, 0.1) is 31.0 Å². The molecule has 3 fully saturated rings. The summed E-state index contributed by atoms with van der Waals surface area (Å²) in [7, 11) is 0. The van der Waals surface area contributed by atoms with Crippen molar-refractivity contribution in [2.24, 2.45) is 16.7 Å². The fraction of sp³-hybridized carbons (Fsp3) is 0.774. The molecule has 0 aromatic carbocycles. The van der Waals surface area contributed by atoms with Crippen LogP contribution in [0.15, 0.2) is 22.8 Å². The van der Waals surface area contributed by atoms with E-state index in [1.54, 1.807) is 34.6 Å². The van der Waals surface area contributed by atoms with Crippen molar-refractivity contribution in [2.75, 3.05) is 6.61 Å². The maximum atomic E-state index is 13.3. The number of fused-ring (bicyclic) bond motifs is 5. The second-order valence-corrected chi connectivity index (χ2v) is 14.0. The third-order valence-corrected chi connectivity index (χ3v) is 10.6. The first-order valence-electron chi connectivity index (χ1n) is 14.9. The third kappa shape index (κ3) is 6.10. The van der Waals surface area contributed by atoms with Gasteiger partial charge in [-0.15, -0.1) is 0 Å². The Hall–Kier alpha value is -0.948. The number of aliphatic hydroxyl groups is 6. The summed E-state index contributed by atoms with van der Waals surface area (Å²) in [6.45, 7) is 11.8. The van der Waals surface area contributed by atoms with Crippen LogP contribution in [0.2, 0.25) is 0 Å². The minimum Gasteiger partial charge on any atom is -0.459 e. The van der Waals surface area contributed by atoms with E-state index in [0.29, 0.717) is 5.57 Å². The minimum atomic E-state index is -2.15. The molecule has 0 unspecified atom stereocenters. The van der Waals surface area contributed by atoms with Crippen LogP contribution >= 0.6 is 0 Å². The second kappa shape index (κ2) is 13.2. The number of allylic oxidation sites excluding steroid dienone is 1. The Bertz CT molecular complexity index is 1260. The zero-order valence-corrected chi connectivity index (χ0v) is 31.9. The van der Waals surface area contributed by atoms with Gasteiger partial charge in [-0.1, -0.05) is 32.4 Å². The van der Waals surface area contributed by atoms with Gasteiger partial charge in [0, 0.05) is 87.5 Å². The SMILES string of the molecule is CC(=O)N[C@@H](C=C(C)C)[C@@H](O)C(=O)O[C@H]1C[C@@]2(O)[C@@H](OC(C)=O)[C@@H]3[C@]4(O)CO[C@@H]4C[C@H](O)[C@@]3(C)[C@H](O)[C@H](O)C(=C1C)C2(C)C.[Ac]. The number of rotatable bonds is 6. The molecule has 2 bridgehead atoms. The van der Waals surface area contributed by atoms with Gasteiger partial charge in [-0.3, -0.25) is 9.59 Å². The predicted octanol–water partition coefficient (Wildman–Crippen LogP) is -0.608. The zero-order valence-electron chi connectivity index (χ0n) is 27.1. The number of amides is 1. The van der Waals surface area contributed by atoms with Crippen LogP contribution in [0.5, 0.6) is 0 Å². The van der Waals surface area contributed by atoms with E-state index in [0.717, 1.165) is 6.92 Å². The van der Waals surface area contributed by atoms with E-state index in [-0.39, 0.29) is 68.2 Å². The van der Waals surface area contributed by atoms with Gasteiger partial charge >= 0.3 is 11.9 Å². The molecular formula is C31H47AcNO12. The molecule has 2 saturated carbocycles. The summed E-state index contributed by atoms with van der Waals surface area (Å²) in [5.74, 6) is -3.77. The Morgan fingerprint density at radius 3 is 2.13 bits per heavy atom. The summed E-state index contributed by atoms with van der Waals surface area (Å²) in [5, 5.41) is 73.1. The fourth-order valence-electron chi connectivity index (χ4n) is 8.18. The number of esters is 2. The van der Waals surface area contributed by atoms with Crippen LogP contribution in [0.25, 0.3) is 0 Å². The minimum absolute atomic E-state index is 0. The summed E-state index contributed by atoms with van der Waals surface area (Å²) in [4.78, 5) is 37.7. The number of aliphatic hydroxyl groups excluding tert-OH is 4. The Morgan fingerprint density at radius 2 is 1.64 bits per heavy atom. The molecule has 12 atom stereocenters. The van der Waals surface area contributed by atoms with Crippen LogP contribution in [0.3, 0.4) is 0 Å². The molecule has 4 aliphatic rings. The molecule has 45 heavy (non-hydrogen) atoms. The van der Waals surface area contributed by atoms with Crippen molar-refractivity contribution in [1.29, 1.82) is 0 Å². The Morgan fingerprint density at radius 1 is 1.04 bits per heavy atom. The Labute approximate surface area is 298 Å². The maximum absolute atomic E-state index is 13.3. The van der Waals surface area contributed by atoms with E-state index in [2.05, 4.69) is 5.32 Å². The number of ether oxygens (including phenoxy) is 3. The quantitative estimate of drug-likeness (QED) is 0.132. The molecule has 0 aromatic rings. The van der Waals surface area contributed by atoms with E-state index in [1.165, 1.54) is 19.9 Å². The number of carbonyl (C=O) groups is 3. The van der Waals surface area contributed by atoms with Crippen molar-refractivity contribution >= 4 is 17.8 Å². The molecule has 13 nitrogen and oxygen atoms in total. The molecule has 0 spiro atoms. The van der Waals surface area contributed by atoms with Crippen LogP contribution in [0.1, 0.15) is 68.2 Å². The summed E-state index contributed by atoms with van der Waals surface area (Å²) in [6.07, 6.45) is -9.38. The van der Waals surface area contributed by atoms with E-state index in [4.69, 9.17) is 14.2 Å². The molecule has 7 N–H and O–H groups in total. The van der Waals surface area contributed by atoms with Gasteiger partial charge < -0.3 is 50.2 Å². The van der Waals surface area contributed by atoms with Gasteiger partial charge in [0.1, 0.15) is 29.5 Å². The van der Waals surface area contributed by atoms with E-state index >= 15 is 0 Å². The topological polar surface area (TPSA) is 212 Å². The molecule has 1 amide bonds. The van der Waals surface area contributed by atoms with Gasteiger partial charge in [0.25, 0.3) is 0 Å². The van der Waals surface area contributed by atoms with Crippen LogP contribution < -0.4 is 5.32 Å². The molecular weight excluding hydrogens is 805 g/mol. The standard InChI is InChI=1S/C31H47NO12.Ac/c1-13(2)9-17(32-15(4)33)22(36)27(39)44-18-11-31(41)26(43-16(5)34)24-29(8,19(35)10-20-30(24,40)12-42-20)25(38)23(37)21(14(18)3)28(31,6)7;/h9,17-20,22-26,35-38,40-41H,10-12H2,1-8H3,(H,32,33);/t17-,18-,19-,20+,22+,23+,24-,25+,26-,29+,30-,31+;/m0./s1. The Balaban J connectivity index is 0.00000552. The molecule has 3 aliphatic carbocycles. The molecule has 1 aliphatic heterocycles. The third-order valence-electron chi connectivity index (χ3n) is 10.6. The Kier molecular flexibility index (Phi) is 11.3. The number of hydrogen-bond donors (Lipinski definition) is 7. The molecule has 1 saturated heterocycles. The maximum Gasteiger partial charge on any atom is 0.338 e. The number of carbonyl (C=O) groups excluding carboxylic acids is 3. The average molecular weight is 853 g/mol. The van der Waals surface area contributed by atoms with Crippen molar-refractivity contribution in [3.8, 4) is 0 Å². The first kappa shape index (κ1) is 38.5. The van der Waals surface area contributed by atoms with Gasteiger partial charge in [-0.05, 0) is 31.9 Å². The summed E-state index contributed by atoms with van der Waals surface area (Å²) < 4.78 is 17.1. The van der Waals surface area contributed by atoms with Crippen molar-refractivity contribution in [1.82, 2.24) is 5.32 Å². The molecule has 4 rings (SSSR count). The largest absolute Gasteiger partial charge is 0.459 e. The zero-order chi connectivity index (χ0) is 33.3. The van der Waals surface area contributed by atoms with Crippen molar-refractivity contribution in [2.45, 2.75) is 128 Å². The summed E-state index contributed by atoms with van der Waals surface area (Å²) >= 11 is 0. The number of hydrogen-bond acceptors (Lipinski definition) is 12. The molecule has 251 valence electrons. The molecule has 1 heterocycles. The van der Waals surface area contributed by atoms with Gasteiger partial charge in [0.2, 0.25) is 5.91 Å². The van der Waals surface area contributed by atoms with Crippen LogP contribution in [-0.4, -0.2) is 115 Å². The predicted molar refractivity (Wildman–Crippen MR) is 153 cm³/mol. The smallest absolute Gasteiger partial charge is 0.338 e. The van der Waals surface area contributed by atoms with Crippen LogP contribution in [0.4, 0.5) is 0 Å². The van der Waals surface area contributed by atoms with Crippen molar-refractivity contribution in [3.05, 3.63) is 22.8 Å². The van der Waals surface area contributed by atoms with Crippen molar-refractivity contribution in [3.63, 3.8) is 0 Å². The fourth-order valence-corrected chi connectivity index (χ4v) is 8.18. The van der Waals surface area contributed by atoms with Crippen LogP contribution in [-0.2, 0) is 28.6 Å². The second-order valence-electron chi connectivity index (χ2n) is 14.0. The van der Waals surface area contributed by atoms with Gasteiger partial charge in [-0.2, -0.15) is 0 Å². The van der Waals surface area contributed by atoms with Crippen LogP contribution in [0, 0.1) is 60.8 Å². The first-order chi connectivity index (χ1) is 20.1. The summed E-state index contributed by atoms with van der Waals surface area (Å²) in [6, 6.07) is -1.12. The van der Waals surface area contributed by atoms with Gasteiger partial charge in [0.15, 0.2) is 6.10 Å². The van der Waals surface area contributed by atoms with Crippen molar-refractivity contribution < 1.29 is 103 Å². The normalized spacial score (nSPS) is 41.2. The van der Waals surface area contributed by atoms with Gasteiger partial charge in [-0.25, -0.2) is 4.79 Å². The number of nitrogens with one attached hydrogen (secondary N) is 1. The summed E-state index contributed by atoms with van der Waals surface area (Å²) in [5.41, 5.74) is -5.97. The van der Waals surface area contributed by atoms with E-state index in [9.17, 15) is 45.0 Å². The monoisotopic (exact) mass is 852 g/mol. The average Bonchev–Trinajstić information content (AvgIpc) is 2.89.